The molecule has 7 aromatic rings. The largest absolute Gasteiger partial charge is 0.308 e. The lowest BCUT2D eigenvalue weighted by molar-refractivity contribution is 1.08. The Labute approximate surface area is 196 Å². The number of imidazole rings is 1. The fraction of sp³-hybridized carbons (Fsp3) is 0. The van der Waals surface area contributed by atoms with Gasteiger partial charge in [0, 0.05) is 28.2 Å². The second kappa shape index (κ2) is 7.42. The number of benzene rings is 4. The van der Waals surface area contributed by atoms with Gasteiger partial charge in [-0.05, 0) is 42.5 Å². The quantitative estimate of drug-likeness (QED) is 0.294. The van der Waals surface area contributed by atoms with Gasteiger partial charge in [-0.15, -0.1) is 0 Å². The van der Waals surface area contributed by atoms with Crippen molar-refractivity contribution in [1.82, 2.24) is 19.1 Å². The third kappa shape index (κ3) is 2.79. The van der Waals surface area contributed by atoms with Gasteiger partial charge in [-0.1, -0.05) is 66.7 Å². The molecule has 0 amide bonds. The maximum atomic E-state index is 5.02. The Morgan fingerprint density at radius 3 is 1.85 bits per heavy atom. The lowest BCUT2D eigenvalue weighted by Crippen LogP contribution is -2.00. The summed E-state index contributed by atoms with van der Waals surface area (Å²) in [5.41, 5.74) is 7.43. The van der Waals surface area contributed by atoms with Crippen molar-refractivity contribution in [1.29, 1.82) is 0 Å². The average molecular weight is 437 g/mol. The third-order valence-electron chi connectivity index (χ3n) is 6.40. The molecule has 0 N–H and O–H groups in total. The average Bonchev–Trinajstić information content (AvgIpc) is 3.46. The molecule has 0 saturated carbocycles. The van der Waals surface area contributed by atoms with E-state index in [1.807, 2.05) is 24.5 Å². The molecule has 3 aromatic heterocycles. The lowest BCUT2D eigenvalue weighted by atomic mass is 10.2. The van der Waals surface area contributed by atoms with Gasteiger partial charge in [-0.3, -0.25) is 9.55 Å². The molecule has 4 heteroatoms. The molecule has 0 spiro atoms. The smallest absolute Gasteiger partial charge is 0.147 e. The predicted octanol–water partition coefficient (Wildman–Crippen LogP) is 7.18. The van der Waals surface area contributed by atoms with Crippen LogP contribution in [-0.4, -0.2) is 19.1 Å². The lowest BCUT2D eigenvalue weighted by Gasteiger charge is -2.12. The van der Waals surface area contributed by atoms with Crippen molar-refractivity contribution in [3.05, 3.63) is 122 Å². The molecule has 0 aliphatic rings. The van der Waals surface area contributed by atoms with Crippen molar-refractivity contribution in [2.24, 2.45) is 0 Å². The van der Waals surface area contributed by atoms with Crippen LogP contribution in [-0.2, 0) is 0 Å². The van der Waals surface area contributed by atoms with Gasteiger partial charge >= 0.3 is 0 Å². The van der Waals surface area contributed by atoms with Crippen LogP contribution in [0.2, 0.25) is 0 Å². The summed E-state index contributed by atoms with van der Waals surface area (Å²) in [6, 6.07) is 37.9. The highest BCUT2D eigenvalue weighted by atomic mass is 15.1. The normalized spacial score (nSPS) is 11.5. The Bertz CT molecular complexity index is 1760. The van der Waals surface area contributed by atoms with Crippen LogP contribution in [0.5, 0.6) is 0 Å². The number of nitrogens with zero attached hydrogens (tertiary/aromatic N) is 4. The maximum Gasteiger partial charge on any atom is 0.147 e. The van der Waals surface area contributed by atoms with E-state index in [0.717, 1.165) is 33.8 Å². The van der Waals surface area contributed by atoms with Gasteiger partial charge in [0.1, 0.15) is 5.82 Å². The number of aromatic nitrogens is 4. The fourth-order valence-corrected chi connectivity index (χ4v) is 4.93. The Morgan fingerprint density at radius 1 is 0.500 bits per heavy atom. The highest BCUT2D eigenvalue weighted by molar-refractivity contribution is 6.09. The minimum atomic E-state index is 0.877. The zero-order valence-electron chi connectivity index (χ0n) is 18.3. The fourth-order valence-electron chi connectivity index (χ4n) is 4.93. The number of para-hydroxylation sites is 5. The first-order valence-electron chi connectivity index (χ1n) is 11.4. The molecule has 0 fully saturated rings. The van der Waals surface area contributed by atoms with E-state index in [4.69, 9.17) is 4.98 Å². The number of pyridine rings is 1. The molecule has 160 valence electrons. The van der Waals surface area contributed by atoms with Crippen LogP contribution in [0.3, 0.4) is 0 Å². The molecule has 0 aliphatic carbocycles. The minimum Gasteiger partial charge on any atom is -0.308 e. The molecule has 0 atom stereocenters. The van der Waals surface area contributed by atoms with Gasteiger partial charge in [0.2, 0.25) is 0 Å². The summed E-state index contributed by atoms with van der Waals surface area (Å²) < 4.78 is 4.50. The molecule has 4 nitrogen and oxygen atoms in total. The van der Waals surface area contributed by atoms with Gasteiger partial charge in [0.15, 0.2) is 0 Å². The monoisotopic (exact) mass is 436 g/mol. The van der Waals surface area contributed by atoms with E-state index in [9.17, 15) is 0 Å². The topological polar surface area (TPSA) is 35.6 Å². The summed E-state index contributed by atoms with van der Waals surface area (Å²) in [6.07, 6.45) is 3.83. The molecular weight excluding hydrogens is 416 g/mol. The van der Waals surface area contributed by atoms with E-state index >= 15 is 0 Å². The molecular formula is C30H20N4. The third-order valence-corrected chi connectivity index (χ3v) is 6.40. The molecule has 0 radical (unpaired) electrons. The molecule has 34 heavy (non-hydrogen) atoms. The van der Waals surface area contributed by atoms with Crippen LogP contribution < -0.4 is 0 Å². The first kappa shape index (κ1) is 18.8. The summed E-state index contributed by atoms with van der Waals surface area (Å²) in [4.78, 5) is 9.68. The van der Waals surface area contributed by atoms with Crippen LogP contribution in [0.15, 0.2) is 122 Å². The summed E-state index contributed by atoms with van der Waals surface area (Å²) in [5.74, 6) is 0.877. The molecule has 7 rings (SSSR count). The van der Waals surface area contributed by atoms with E-state index in [0.29, 0.717) is 0 Å². The second-order valence-electron chi connectivity index (χ2n) is 8.40. The van der Waals surface area contributed by atoms with Crippen LogP contribution in [0.25, 0.3) is 55.6 Å². The van der Waals surface area contributed by atoms with Crippen LogP contribution in [0.4, 0.5) is 0 Å². The first-order chi connectivity index (χ1) is 16.9. The Balaban J connectivity index is 1.50. The van der Waals surface area contributed by atoms with Crippen molar-refractivity contribution in [3.8, 4) is 22.8 Å². The number of rotatable bonds is 3. The van der Waals surface area contributed by atoms with E-state index in [-0.39, 0.29) is 0 Å². The zero-order chi connectivity index (χ0) is 22.5. The van der Waals surface area contributed by atoms with Crippen molar-refractivity contribution in [2.45, 2.75) is 0 Å². The molecule has 0 bridgehead atoms. The number of hydrogen-bond acceptors (Lipinski definition) is 2. The summed E-state index contributed by atoms with van der Waals surface area (Å²) in [6.45, 7) is 0. The standard InChI is InChI=1S/C30H20N4/c1-2-10-22(11-3-1)34-29-17-9-6-14-26(29)32-30(34)21-18-23(20-31-19-21)33-27-15-7-4-12-24(27)25-13-5-8-16-28(25)33/h1-20H. The summed E-state index contributed by atoms with van der Waals surface area (Å²) in [7, 11) is 0. The van der Waals surface area contributed by atoms with Gasteiger partial charge in [-0.25, -0.2) is 4.98 Å². The Kier molecular flexibility index (Phi) is 4.11. The molecule has 0 unspecified atom stereocenters. The van der Waals surface area contributed by atoms with Gasteiger partial charge < -0.3 is 4.57 Å². The van der Waals surface area contributed by atoms with Crippen molar-refractivity contribution < 1.29 is 0 Å². The molecule has 4 aromatic carbocycles. The first-order valence-corrected chi connectivity index (χ1v) is 11.4. The maximum absolute atomic E-state index is 5.02. The Morgan fingerprint density at radius 2 is 1.12 bits per heavy atom. The highest BCUT2D eigenvalue weighted by Gasteiger charge is 2.17. The minimum absolute atomic E-state index is 0.877. The van der Waals surface area contributed by atoms with E-state index in [1.165, 1.54) is 21.8 Å². The molecule has 0 saturated heterocycles. The van der Waals surface area contributed by atoms with Crippen LogP contribution in [0, 0.1) is 0 Å². The van der Waals surface area contributed by atoms with Gasteiger partial charge in [-0.2, -0.15) is 0 Å². The second-order valence-corrected chi connectivity index (χ2v) is 8.40. The Hall–Kier alpha value is -4.70. The highest BCUT2D eigenvalue weighted by Crippen LogP contribution is 2.34. The van der Waals surface area contributed by atoms with Crippen molar-refractivity contribution >= 4 is 32.8 Å². The summed E-state index contributed by atoms with van der Waals surface area (Å²) in [5, 5.41) is 2.47. The van der Waals surface area contributed by atoms with Crippen LogP contribution >= 0.6 is 0 Å². The number of hydrogen-bond donors (Lipinski definition) is 0. The molecule has 3 heterocycles. The van der Waals surface area contributed by atoms with E-state index < -0.39 is 0 Å². The molecule has 0 aliphatic heterocycles. The van der Waals surface area contributed by atoms with Crippen molar-refractivity contribution in [3.63, 3.8) is 0 Å². The SMILES string of the molecule is c1ccc(-n2c(-c3cncc(-n4c5ccccc5c5ccccc54)c3)nc3ccccc32)cc1. The van der Waals surface area contributed by atoms with E-state index in [1.54, 1.807) is 0 Å². The van der Waals surface area contributed by atoms with E-state index in [2.05, 4.69) is 111 Å². The number of fused-ring (bicyclic) bond motifs is 4. The summed E-state index contributed by atoms with van der Waals surface area (Å²) >= 11 is 0. The van der Waals surface area contributed by atoms with Crippen LogP contribution in [0.1, 0.15) is 0 Å². The zero-order valence-corrected chi connectivity index (χ0v) is 18.3. The van der Waals surface area contributed by atoms with Gasteiger partial charge in [0.05, 0.1) is 34.0 Å². The predicted molar refractivity (Wildman–Crippen MR) is 139 cm³/mol. The van der Waals surface area contributed by atoms with Gasteiger partial charge in [0.25, 0.3) is 0 Å². The van der Waals surface area contributed by atoms with Crippen molar-refractivity contribution in [2.75, 3.05) is 0 Å².